The summed E-state index contributed by atoms with van der Waals surface area (Å²) >= 11 is 1.38. The Balaban J connectivity index is 1.26. The van der Waals surface area contributed by atoms with E-state index >= 15 is 0 Å². The zero-order valence-corrected chi connectivity index (χ0v) is 20.5. The van der Waals surface area contributed by atoms with Gasteiger partial charge in [0.2, 0.25) is 11.9 Å². The Hall–Kier alpha value is -3.24. The molecule has 35 heavy (non-hydrogen) atoms. The molecule has 1 N–H and O–H groups in total. The number of benzene rings is 2. The van der Waals surface area contributed by atoms with Crippen molar-refractivity contribution >= 4 is 23.6 Å². The lowest BCUT2D eigenvalue weighted by Gasteiger charge is -2.28. The Bertz CT molecular complexity index is 1160. The molecule has 1 aromatic heterocycles. The smallest absolute Gasteiger partial charge is 0.232 e. The van der Waals surface area contributed by atoms with Crippen LogP contribution < -0.4 is 19.7 Å². The van der Waals surface area contributed by atoms with Crippen molar-refractivity contribution in [2.24, 2.45) is 0 Å². The van der Waals surface area contributed by atoms with E-state index in [1.165, 1.54) is 17.3 Å². The minimum atomic E-state index is -0.230. The molecular formula is C25H29N5O4S. The minimum Gasteiger partial charge on any atom is -0.486 e. The van der Waals surface area contributed by atoms with Crippen LogP contribution >= 0.6 is 11.8 Å². The number of rotatable bonds is 8. The summed E-state index contributed by atoms with van der Waals surface area (Å²) in [6.07, 6.45) is 0.653. The molecule has 0 aliphatic carbocycles. The van der Waals surface area contributed by atoms with Crippen LogP contribution in [0.5, 0.6) is 11.5 Å². The molecule has 0 saturated carbocycles. The second kappa shape index (κ2) is 11.0. The van der Waals surface area contributed by atoms with Crippen molar-refractivity contribution in [1.29, 1.82) is 0 Å². The van der Waals surface area contributed by atoms with Crippen molar-refractivity contribution in [2.75, 3.05) is 50.1 Å². The molecule has 9 nitrogen and oxygen atoms in total. The number of carbonyl (C=O) groups excluding carboxylic acids is 1. The molecule has 1 atom stereocenters. The van der Waals surface area contributed by atoms with Crippen molar-refractivity contribution in [3.05, 3.63) is 54.1 Å². The van der Waals surface area contributed by atoms with Gasteiger partial charge in [-0.25, -0.2) is 0 Å². The highest BCUT2D eigenvalue weighted by atomic mass is 32.2. The van der Waals surface area contributed by atoms with E-state index < -0.39 is 0 Å². The summed E-state index contributed by atoms with van der Waals surface area (Å²) in [6, 6.07) is 15.8. The number of amides is 1. The predicted octanol–water partition coefficient (Wildman–Crippen LogP) is 2.71. The van der Waals surface area contributed by atoms with Crippen molar-refractivity contribution in [3.8, 4) is 17.2 Å². The van der Waals surface area contributed by atoms with Gasteiger partial charge < -0.3 is 24.4 Å². The fourth-order valence-corrected chi connectivity index (χ4v) is 4.91. The first-order chi connectivity index (χ1) is 17.2. The number of aromatic nitrogens is 3. The van der Waals surface area contributed by atoms with E-state index in [1.54, 1.807) is 0 Å². The molecule has 2 aliphatic rings. The van der Waals surface area contributed by atoms with Crippen molar-refractivity contribution < 1.29 is 19.0 Å². The molecular weight excluding hydrogens is 466 g/mol. The van der Waals surface area contributed by atoms with Gasteiger partial charge in [-0.2, -0.15) is 0 Å². The van der Waals surface area contributed by atoms with Gasteiger partial charge in [0, 0.05) is 13.1 Å². The van der Waals surface area contributed by atoms with Crippen LogP contribution in [0.25, 0.3) is 5.69 Å². The fourth-order valence-electron chi connectivity index (χ4n) is 4.14. The van der Waals surface area contributed by atoms with Crippen LogP contribution in [0.1, 0.15) is 12.5 Å². The number of fused-ring (bicyclic) bond motifs is 1. The van der Waals surface area contributed by atoms with Crippen molar-refractivity contribution in [2.45, 2.75) is 24.6 Å². The number of anilines is 1. The van der Waals surface area contributed by atoms with Crippen molar-refractivity contribution in [1.82, 2.24) is 20.1 Å². The van der Waals surface area contributed by atoms with E-state index in [-0.39, 0.29) is 17.8 Å². The summed E-state index contributed by atoms with van der Waals surface area (Å²) in [5.41, 5.74) is 2.23. The number of carbonyl (C=O) groups is 1. The highest BCUT2D eigenvalue weighted by molar-refractivity contribution is 7.99. The quantitative estimate of drug-likeness (QED) is 0.477. The Labute approximate surface area is 208 Å². The molecule has 1 fully saturated rings. The first-order valence-corrected chi connectivity index (χ1v) is 12.9. The Kier molecular flexibility index (Phi) is 7.39. The number of morpholine rings is 1. The molecule has 5 rings (SSSR count). The van der Waals surface area contributed by atoms with E-state index in [4.69, 9.17) is 14.2 Å². The number of ether oxygens (including phenoxy) is 3. The summed E-state index contributed by atoms with van der Waals surface area (Å²) < 4.78 is 19.2. The van der Waals surface area contributed by atoms with E-state index in [9.17, 15) is 4.79 Å². The first-order valence-electron chi connectivity index (χ1n) is 11.9. The standard InChI is InChI=1S/C25H29N5O4S/c1-2-18-7-3-4-8-20(18)30-24(29-11-13-32-14-12-29)27-28-25(30)35-17-23(31)26-15-19-16-33-21-9-5-6-10-22(21)34-19/h3-10,19H,2,11-17H2,1H3,(H,26,31)/t19-/m1/s1. The molecule has 1 amide bonds. The Morgan fingerprint density at radius 3 is 2.69 bits per heavy atom. The van der Waals surface area contributed by atoms with Gasteiger partial charge in [0.25, 0.3) is 0 Å². The van der Waals surface area contributed by atoms with E-state index in [0.717, 1.165) is 36.9 Å². The van der Waals surface area contributed by atoms with Crippen LogP contribution in [0.2, 0.25) is 0 Å². The lowest BCUT2D eigenvalue weighted by molar-refractivity contribution is -0.119. The number of hydrogen-bond donors (Lipinski definition) is 1. The third kappa shape index (κ3) is 5.38. The number of hydrogen-bond acceptors (Lipinski definition) is 8. The zero-order chi connectivity index (χ0) is 24.0. The Morgan fingerprint density at radius 1 is 1.09 bits per heavy atom. The lowest BCUT2D eigenvalue weighted by Crippen LogP contribution is -2.41. The van der Waals surface area contributed by atoms with Gasteiger partial charge in [0.1, 0.15) is 12.7 Å². The van der Waals surface area contributed by atoms with Gasteiger partial charge in [-0.1, -0.05) is 49.0 Å². The van der Waals surface area contributed by atoms with E-state index in [1.807, 2.05) is 36.4 Å². The number of para-hydroxylation sites is 3. The minimum absolute atomic E-state index is 0.0938. The Morgan fingerprint density at radius 2 is 1.86 bits per heavy atom. The SMILES string of the molecule is CCc1ccccc1-n1c(SCC(=O)NC[C@@H]2COc3ccccc3O2)nnc1N1CCOCC1. The molecule has 0 bridgehead atoms. The van der Waals surface area contributed by atoms with E-state index in [2.05, 4.69) is 44.0 Å². The maximum absolute atomic E-state index is 12.7. The number of aryl methyl sites for hydroxylation is 1. The normalized spacial score (nSPS) is 17.3. The summed E-state index contributed by atoms with van der Waals surface area (Å²) in [7, 11) is 0. The average Bonchev–Trinajstić information content (AvgIpc) is 3.34. The average molecular weight is 496 g/mol. The highest BCUT2D eigenvalue weighted by Gasteiger charge is 2.24. The van der Waals surface area contributed by atoms with Crippen LogP contribution in [0.3, 0.4) is 0 Å². The van der Waals surface area contributed by atoms with Gasteiger partial charge in [-0.05, 0) is 30.2 Å². The van der Waals surface area contributed by atoms with Crippen molar-refractivity contribution in [3.63, 3.8) is 0 Å². The third-order valence-electron chi connectivity index (χ3n) is 5.95. The second-order valence-corrected chi connectivity index (χ2v) is 9.23. The molecule has 3 aromatic rings. The zero-order valence-electron chi connectivity index (χ0n) is 19.7. The molecule has 0 spiro atoms. The largest absolute Gasteiger partial charge is 0.486 e. The number of nitrogens with one attached hydrogen (secondary N) is 1. The van der Waals surface area contributed by atoms with Gasteiger partial charge >= 0.3 is 0 Å². The summed E-state index contributed by atoms with van der Waals surface area (Å²) in [5, 5.41) is 12.6. The molecule has 3 heterocycles. The summed E-state index contributed by atoms with van der Waals surface area (Å²) in [4.78, 5) is 14.9. The lowest BCUT2D eigenvalue weighted by atomic mass is 10.1. The van der Waals surface area contributed by atoms with Gasteiger partial charge in [0.15, 0.2) is 16.7 Å². The van der Waals surface area contributed by atoms with Gasteiger partial charge in [0.05, 0.1) is 31.2 Å². The van der Waals surface area contributed by atoms with Crippen LogP contribution in [0.4, 0.5) is 5.95 Å². The molecule has 2 aromatic carbocycles. The van der Waals surface area contributed by atoms with Gasteiger partial charge in [-0.3, -0.25) is 9.36 Å². The fraction of sp³-hybridized carbons (Fsp3) is 0.400. The molecule has 10 heteroatoms. The van der Waals surface area contributed by atoms with Crippen LogP contribution in [-0.2, 0) is 16.0 Å². The third-order valence-corrected chi connectivity index (χ3v) is 6.88. The monoisotopic (exact) mass is 495 g/mol. The second-order valence-electron chi connectivity index (χ2n) is 8.29. The van der Waals surface area contributed by atoms with Crippen LogP contribution in [0.15, 0.2) is 53.7 Å². The van der Waals surface area contributed by atoms with Crippen LogP contribution in [-0.4, -0.2) is 72.0 Å². The predicted molar refractivity (Wildman–Crippen MR) is 134 cm³/mol. The maximum atomic E-state index is 12.7. The number of nitrogens with zero attached hydrogens (tertiary/aromatic N) is 4. The maximum Gasteiger partial charge on any atom is 0.232 e. The molecule has 1 saturated heterocycles. The first kappa shape index (κ1) is 23.5. The van der Waals surface area contributed by atoms with E-state index in [0.29, 0.717) is 37.3 Å². The number of thioether (sulfide) groups is 1. The molecule has 0 radical (unpaired) electrons. The van der Waals surface area contributed by atoms with Crippen LogP contribution in [0, 0.1) is 0 Å². The molecule has 2 aliphatic heterocycles. The molecule has 184 valence electrons. The summed E-state index contributed by atoms with van der Waals surface area (Å²) in [6.45, 7) is 5.73. The highest BCUT2D eigenvalue weighted by Crippen LogP contribution is 2.31. The summed E-state index contributed by atoms with van der Waals surface area (Å²) in [5.74, 6) is 2.34. The molecule has 0 unspecified atom stereocenters. The van der Waals surface area contributed by atoms with Gasteiger partial charge in [-0.15, -0.1) is 10.2 Å². The topological polar surface area (TPSA) is 90.7 Å².